The van der Waals surface area contributed by atoms with Crippen molar-refractivity contribution in [3.8, 4) is 5.75 Å². The molecule has 1 fully saturated rings. The highest BCUT2D eigenvalue weighted by Gasteiger charge is 2.20. The summed E-state index contributed by atoms with van der Waals surface area (Å²) in [6.45, 7) is 3.27. The molecule has 1 aromatic carbocycles. The normalized spacial score (nSPS) is 14.7. The molecule has 22 heavy (non-hydrogen) atoms. The molecule has 5 heteroatoms. The molecule has 0 spiro atoms. The van der Waals surface area contributed by atoms with E-state index in [4.69, 9.17) is 9.47 Å². The van der Waals surface area contributed by atoms with Crippen LogP contribution in [0.3, 0.4) is 0 Å². The first-order valence-corrected chi connectivity index (χ1v) is 7.97. The van der Waals surface area contributed by atoms with Gasteiger partial charge in [-0.05, 0) is 42.9 Å². The molecule has 122 valence electrons. The Kier molecular flexibility index (Phi) is 7.03. The van der Waals surface area contributed by atoms with Crippen LogP contribution in [0.25, 0.3) is 0 Å². The maximum atomic E-state index is 5.59. The fraction of sp³-hybridized carbons (Fsp3) is 0.588. The van der Waals surface area contributed by atoms with Crippen molar-refractivity contribution < 1.29 is 9.47 Å². The van der Waals surface area contributed by atoms with Crippen LogP contribution in [0.2, 0.25) is 0 Å². The van der Waals surface area contributed by atoms with Crippen LogP contribution in [0.5, 0.6) is 5.75 Å². The third-order valence-electron chi connectivity index (χ3n) is 3.68. The molecule has 0 aliphatic heterocycles. The Morgan fingerprint density at radius 1 is 1.18 bits per heavy atom. The van der Waals surface area contributed by atoms with Crippen molar-refractivity contribution in [1.82, 2.24) is 10.6 Å². The largest absolute Gasteiger partial charge is 0.497 e. The lowest BCUT2D eigenvalue weighted by Crippen LogP contribution is -2.39. The zero-order valence-corrected chi connectivity index (χ0v) is 13.6. The molecule has 1 aromatic rings. The summed E-state index contributed by atoms with van der Waals surface area (Å²) < 4.78 is 10.7. The number of nitrogens with one attached hydrogen (secondary N) is 2. The minimum Gasteiger partial charge on any atom is -0.497 e. The summed E-state index contributed by atoms with van der Waals surface area (Å²) in [5.74, 6) is 2.53. The first-order valence-electron chi connectivity index (χ1n) is 7.97. The minimum absolute atomic E-state index is 0.732. The van der Waals surface area contributed by atoms with Gasteiger partial charge in [0.15, 0.2) is 5.96 Å². The third kappa shape index (κ3) is 6.35. The Hall–Kier alpha value is -1.75. The molecule has 0 unspecified atom stereocenters. The predicted molar refractivity (Wildman–Crippen MR) is 89.6 cm³/mol. The first kappa shape index (κ1) is 16.6. The Bertz CT molecular complexity index is 455. The molecule has 5 nitrogen and oxygen atoms in total. The van der Waals surface area contributed by atoms with Gasteiger partial charge in [0, 0.05) is 26.7 Å². The smallest absolute Gasteiger partial charge is 0.191 e. The molecule has 0 bridgehead atoms. The number of hydrogen-bond acceptors (Lipinski definition) is 3. The van der Waals surface area contributed by atoms with Gasteiger partial charge in [0.2, 0.25) is 0 Å². The van der Waals surface area contributed by atoms with E-state index in [0.717, 1.165) is 50.4 Å². The Labute approximate surface area is 133 Å². The van der Waals surface area contributed by atoms with Gasteiger partial charge in [-0.2, -0.15) is 0 Å². The second-order valence-corrected chi connectivity index (χ2v) is 5.54. The first-order chi connectivity index (χ1) is 10.8. The summed E-state index contributed by atoms with van der Waals surface area (Å²) in [6, 6.07) is 8.14. The van der Waals surface area contributed by atoms with E-state index in [-0.39, 0.29) is 0 Å². The van der Waals surface area contributed by atoms with Crippen LogP contribution in [0.4, 0.5) is 0 Å². The zero-order chi connectivity index (χ0) is 15.6. The Morgan fingerprint density at radius 2 is 1.91 bits per heavy atom. The lowest BCUT2D eigenvalue weighted by molar-refractivity contribution is 0.129. The van der Waals surface area contributed by atoms with Crippen LogP contribution in [0.15, 0.2) is 29.3 Å². The lowest BCUT2D eigenvalue weighted by Gasteiger charge is -2.12. The highest BCUT2D eigenvalue weighted by molar-refractivity contribution is 5.79. The fourth-order valence-corrected chi connectivity index (χ4v) is 2.11. The molecule has 0 saturated heterocycles. The molecule has 1 saturated carbocycles. The van der Waals surface area contributed by atoms with Gasteiger partial charge in [-0.25, -0.2) is 0 Å². The minimum atomic E-state index is 0.732. The van der Waals surface area contributed by atoms with Crippen LogP contribution in [0, 0.1) is 5.92 Å². The SMILES string of the molecule is CN=C(NCCOCC1CC1)NCCc1ccc(OC)cc1. The predicted octanol–water partition coefficient (Wildman–Crippen LogP) is 1.83. The van der Waals surface area contributed by atoms with E-state index in [1.165, 1.54) is 18.4 Å². The lowest BCUT2D eigenvalue weighted by atomic mass is 10.1. The maximum absolute atomic E-state index is 5.59. The van der Waals surface area contributed by atoms with Crippen molar-refractivity contribution in [2.45, 2.75) is 19.3 Å². The van der Waals surface area contributed by atoms with Gasteiger partial charge < -0.3 is 20.1 Å². The average Bonchev–Trinajstić information content (AvgIpc) is 3.37. The van der Waals surface area contributed by atoms with E-state index in [1.54, 1.807) is 14.2 Å². The number of rotatable bonds is 9. The number of hydrogen-bond donors (Lipinski definition) is 2. The van der Waals surface area contributed by atoms with Gasteiger partial charge in [-0.15, -0.1) is 0 Å². The van der Waals surface area contributed by atoms with Gasteiger partial charge in [0.25, 0.3) is 0 Å². The summed E-state index contributed by atoms with van der Waals surface area (Å²) in [6.07, 6.45) is 3.62. The van der Waals surface area contributed by atoms with Crippen molar-refractivity contribution in [3.05, 3.63) is 29.8 Å². The highest BCUT2D eigenvalue weighted by atomic mass is 16.5. The van der Waals surface area contributed by atoms with Crippen LogP contribution >= 0.6 is 0 Å². The second kappa shape index (κ2) is 9.30. The molecule has 0 radical (unpaired) electrons. The zero-order valence-electron chi connectivity index (χ0n) is 13.6. The monoisotopic (exact) mass is 305 g/mol. The van der Waals surface area contributed by atoms with Crippen LogP contribution in [-0.2, 0) is 11.2 Å². The summed E-state index contributed by atoms with van der Waals surface area (Å²) in [5, 5.41) is 6.57. The molecule has 0 heterocycles. The molecule has 1 aliphatic rings. The molecular formula is C17H27N3O2. The van der Waals surface area contributed by atoms with E-state index in [1.807, 2.05) is 12.1 Å². The van der Waals surface area contributed by atoms with Crippen molar-refractivity contribution in [1.29, 1.82) is 0 Å². The third-order valence-corrected chi connectivity index (χ3v) is 3.68. The molecule has 0 amide bonds. The van der Waals surface area contributed by atoms with E-state index >= 15 is 0 Å². The topological polar surface area (TPSA) is 54.9 Å². The second-order valence-electron chi connectivity index (χ2n) is 5.54. The van der Waals surface area contributed by atoms with Crippen LogP contribution in [0.1, 0.15) is 18.4 Å². The standard InChI is InChI=1S/C17H27N3O2/c1-18-17(20-11-12-22-13-15-3-4-15)19-10-9-14-5-7-16(21-2)8-6-14/h5-8,15H,3-4,9-13H2,1-2H3,(H2,18,19,20). The highest BCUT2D eigenvalue weighted by Crippen LogP contribution is 2.28. The Morgan fingerprint density at radius 3 is 2.55 bits per heavy atom. The maximum Gasteiger partial charge on any atom is 0.191 e. The summed E-state index contributed by atoms with van der Waals surface area (Å²) >= 11 is 0. The van der Waals surface area contributed by atoms with E-state index < -0.39 is 0 Å². The van der Waals surface area contributed by atoms with Crippen LogP contribution < -0.4 is 15.4 Å². The summed E-state index contributed by atoms with van der Waals surface area (Å²) in [4.78, 5) is 4.21. The number of nitrogens with zero attached hydrogens (tertiary/aromatic N) is 1. The van der Waals surface area contributed by atoms with Gasteiger partial charge in [-0.3, -0.25) is 4.99 Å². The van der Waals surface area contributed by atoms with Crippen molar-refractivity contribution in [2.75, 3.05) is 40.5 Å². The number of ether oxygens (including phenoxy) is 2. The molecular weight excluding hydrogens is 278 g/mol. The van der Waals surface area contributed by atoms with E-state index in [2.05, 4.69) is 27.8 Å². The van der Waals surface area contributed by atoms with Gasteiger partial charge in [-0.1, -0.05) is 12.1 Å². The van der Waals surface area contributed by atoms with Gasteiger partial charge in [0.05, 0.1) is 13.7 Å². The van der Waals surface area contributed by atoms with Crippen molar-refractivity contribution in [3.63, 3.8) is 0 Å². The van der Waals surface area contributed by atoms with Gasteiger partial charge in [0.1, 0.15) is 5.75 Å². The van der Waals surface area contributed by atoms with Crippen molar-refractivity contribution >= 4 is 5.96 Å². The van der Waals surface area contributed by atoms with E-state index in [9.17, 15) is 0 Å². The molecule has 2 N–H and O–H groups in total. The summed E-state index contributed by atoms with van der Waals surface area (Å²) in [5.41, 5.74) is 1.27. The van der Waals surface area contributed by atoms with Gasteiger partial charge >= 0.3 is 0 Å². The number of aliphatic imine (C=N–C) groups is 1. The molecule has 0 atom stereocenters. The molecule has 2 rings (SSSR count). The molecule has 0 aromatic heterocycles. The number of methoxy groups -OCH3 is 1. The number of benzene rings is 1. The fourth-order valence-electron chi connectivity index (χ4n) is 2.11. The van der Waals surface area contributed by atoms with Crippen molar-refractivity contribution in [2.24, 2.45) is 10.9 Å². The van der Waals surface area contributed by atoms with E-state index in [0.29, 0.717) is 0 Å². The Balaban J connectivity index is 1.56. The quantitative estimate of drug-likeness (QED) is 0.415. The molecule has 1 aliphatic carbocycles. The average molecular weight is 305 g/mol. The van der Waals surface area contributed by atoms with Crippen LogP contribution in [-0.4, -0.2) is 46.4 Å². The number of guanidine groups is 1. The summed E-state index contributed by atoms with van der Waals surface area (Å²) in [7, 11) is 3.47.